The van der Waals surface area contributed by atoms with Gasteiger partial charge < -0.3 is 10.1 Å². The number of benzene rings is 1. The van der Waals surface area contributed by atoms with Crippen molar-refractivity contribution in [2.45, 2.75) is 56.5 Å². The van der Waals surface area contributed by atoms with Gasteiger partial charge in [0.1, 0.15) is 5.75 Å². The predicted molar refractivity (Wildman–Crippen MR) is 112 cm³/mol. The first-order chi connectivity index (χ1) is 13.8. The molecule has 1 heterocycles. The molecule has 29 heavy (non-hydrogen) atoms. The van der Waals surface area contributed by atoms with Crippen LogP contribution in [0.1, 0.15) is 39.5 Å². The Labute approximate surface area is 174 Å². The fourth-order valence-corrected chi connectivity index (χ4v) is 5.65. The van der Waals surface area contributed by atoms with Crippen LogP contribution in [-0.2, 0) is 14.8 Å². The van der Waals surface area contributed by atoms with Crippen molar-refractivity contribution in [1.29, 1.82) is 0 Å². The molecule has 0 radical (unpaired) electrons. The second kappa shape index (κ2) is 9.45. The van der Waals surface area contributed by atoms with Crippen LogP contribution in [0.4, 0.5) is 0 Å². The lowest BCUT2D eigenvalue weighted by molar-refractivity contribution is -0.127. The molecule has 0 unspecified atom stereocenters. The molecule has 3 rings (SSSR count). The lowest BCUT2D eigenvalue weighted by Crippen LogP contribution is -2.56. The van der Waals surface area contributed by atoms with E-state index < -0.39 is 10.0 Å². The van der Waals surface area contributed by atoms with Gasteiger partial charge in [0.2, 0.25) is 15.9 Å². The Morgan fingerprint density at radius 2 is 1.72 bits per heavy atom. The second-order valence-corrected chi connectivity index (χ2v) is 10.1. The Balaban J connectivity index is 1.55. The van der Waals surface area contributed by atoms with Gasteiger partial charge in [-0.1, -0.05) is 19.8 Å². The van der Waals surface area contributed by atoms with Crippen molar-refractivity contribution in [2.24, 2.45) is 5.92 Å². The molecule has 3 atom stereocenters. The monoisotopic (exact) mass is 423 g/mol. The molecule has 1 aliphatic carbocycles. The van der Waals surface area contributed by atoms with Crippen molar-refractivity contribution in [3.63, 3.8) is 0 Å². The first-order valence-electron chi connectivity index (χ1n) is 10.5. The summed E-state index contributed by atoms with van der Waals surface area (Å²) in [5.74, 6) is 1.20. The lowest BCUT2D eigenvalue weighted by atomic mass is 9.86. The molecule has 1 aromatic carbocycles. The molecular formula is C21H33N3O4S. The highest BCUT2D eigenvalue weighted by atomic mass is 32.2. The normalized spacial score (nSPS) is 25.3. The Morgan fingerprint density at radius 3 is 2.31 bits per heavy atom. The molecule has 2 fully saturated rings. The lowest BCUT2D eigenvalue weighted by Gasteiger charge is -2.38. The Kier molecular flexibility index (Phi) is 7.19. The van der Waals surface area contributed by atoms with E-state index in [-0.39, 0.29) is 22.9 Å². The van der Waals surface area contributed by atoms with Gasteiger partial charge in [-0.05, 0) is 49.9 Å². The van der Waals surface area contributed by atoms with Gasteiger partial charge >= 0.3 is 0 Å². The third-order valence-corrected chi connectivity index (χ3v) is 8.25. The standard InChI is InChI=1S/C21H33N3O4S/c1-16-6-4-5-7-20(16)22-21(25)17(2)23-12-14-24(15-13-23)29(26,27)19-10-8-18(28-3)9-11-19/h8-11,16-17,20H,4-7,12-15H2,1-3H3,(H,22,25)/t16-,17-,20-/m1/s1. The third kappa shape index (κ3) is 5.10. The Morgan fingerprint density at radius 1 is 1.10 bits per heavy atom. The minimum Gasteiger partial charge on any atom is -0.497 e. The first kappa shape index (κ1) is 22.1. The first-order valence-corrected chi connectivity index (χ1v) is 12.0. The van der Waals surface area contributed by atoms with Gasteiger partial charge in [0.15, 0.2) is 0 Å². The number of sulfonamides is 1. The number of hydrogen-bond acceptors (Lipinski definition) is 5. The fourth-order valence-electron chi connectivity index (χ4n) is 4.23. The zero-order valence-corrected chi connectivity index (χ0v) is 18.5. The highest BCUT2D eigenvalue weighted by Crippen LogP contribution is 2.24. The molecular weight excluding hydrogens is 390 g/mol. The highest BCUT2D eigenvalue weighted by molar-refractivity contribution is 7.89. The zero-order valence-electron chi connectivity index (χ0n) is 17.6. The molecule has 2 aliphatic rings. The smallest absolute Gasteiger partial charge is 0.243 e. The van der Waals surface area contributed by atoms with Crippen molar-refractivity contribution in [3.8, 4) is 5.75 Å². The van der Waals surface area contributed by atoms with Gasteiger partial charge in [-0.25, -0.2) is 8.42 Å². The molecule has 1 aliphatic heterocycles. The van der Waals surface area contributed by atoms with E-state index in [1.807, 2.05) is 6.92 Å². The van der Waals surface area contributed by atoms with Crippen LogP contribution in [-0.4, -0.2) is 68.9 Å². The summed E-state index contributed by atoms with van der Waals surface area (Å²) < 4.78 is 32.4. The summed E-state index contributed by atoms with van der Waals surface area (Å²) in [5, 5.41) is 3.22. The molecule has 0 bridgehead atoms. The fraction of sp³-hybridized carbons (Fsp3) is 0.667. The minimum absolute atomic E-state index is 0.0511. The van der Waals surface area contributed by atoms with Gasteiger partial charge in [-0.15, -0.1) is 0 Å². The van der Waals surface area contributed by atoms with Crippen LogP contribution >= 0.6 is 0 Å². The van der Waals surface area contributed by atoms with Crippen LogP contribution in [0.2, 0.25) is 0 Å². The van der Waals surface area contributed by atoms with Crippen LogP contribution < -0.4 is 10.1 Å². The molecule has 0 spiro atoms. The topological polar surface area (TPSA) is 79.0 Å². The van der Waals surface area contributed by atoms with Crippen molar-refractivity contribution in [2.75, 3.05) is 33.3 Å². The maximum Gasteiger partial charge on any atom is 0.243 e. The van der Waals surface area contributed by atoms with Gasteiger partial charge in [0.05, 0.1) is 18.0 Å². The van der Waals surface area contributed by atoms with E-state index in [2.05, 4.69) is 17.1 Å². The van der Waals surface area contributed by atoms with Crippen molar-refractivity contribution < 1.29 is 17.9 Å². The number of nitrogens with one attached hydrogen (secondary N) is 1. The number of piperazine rings is 1. The van der Waals surface area contributed by atoms with Crippen LogP contribution in [0.5, 0.6) is 5.75 Å². The van der Waals surface area contributed by atoms with Crippen molar-refractivity contribution >= 4 is 15.9 Å². The van der Waals surface area contributed by atoms with Gasteiger partial charge in [-0.2, -0.15) is 4.31 Å². The van der Waals surface area contributed by atoms with Crippen molar-refractivity contribution in [3.05, 3.63) is 24.3 Å². The molecule has 1 saturated heterocycles. The summed E-state index contributed by atoms with van der Waals surface area (Å²) in [6, 6.07) is 6.46. The Hall–Kier alpha value is -1.64. The number of methoxy groups -OCH3 is 1. The maximum absolute atomic E-state index is 12.9. The molecule has 1 saturated carbocycles. The van der Waals surface area contributed by atoms with Gasteiger partial charge in [0.25, 0.3) is 0 Å². The van der Waals surface area contributed by atoms with Gasteiger partial charge in [-0.3, -0.25) is 9.69 Å². The number of carbonyl (C=O) groups excluding carboxylic acids is 1. The van der Waals surface area contributed by atoms with Gasteiger partial charge in [0, 0.05) is 32.2 Å². The SMILES string of the molecule is COc1ccc(S(=O)(=O)N2CCN([C@H](C)C(=O)N[C@@H]3CCCC[C@H]3C)CC2)cc1. The summed E-state index contributed by atoms with van der Waals surface area (Å²) in [5.41, 5.74) is 0. The predicted octanol–water partition coefficient (Wildman–Crippen LogP) is 2.08. The molecule has 0 aromatic heterocycles. The number of nitrogens with zero attached hydrogens (tertiary/aromatic N) is 2. The van der Waals surface area contributed by atoms with Crippen LogP contribution in [0.15, 0.2) is 29.2 Å². The van der Waals surface area contributed by atoms with E-state index in [9.17, 15) is 13.2 Å². The van der Waals surface area contributed by atoms with E-state index in [1.54, 1.807) is 31.4 Å². The molecule has 1 aromatic rings. The number of amides is 1. The molecule has 8 heteroatoms. The highest BCUT2D eigenvalue weighted by Gasteiger charge is 2.33. The maximum atomic E-state index is 12.9. The molecule has 7 nitrogen and oxygen atoms in total. The van der Waals surface area contributed by atoms with E-state index in [0.29, 0.717) is 37.8 Å². The zero-order chi connectivity index (χ0) is 21.0. The summed E-state index contributed by atoms with van der Waals surface area (Å²) in [7, 11) is -1.99. The quantitative estimate of drug-likeness (QED) is 0.758. The number of rotatable bonds is 6. The second-order valence-electron chi connectivity index (χ2n) is 8.17. The Bertz CT molecular complexity index is 789. The average Bonchev–Trinajstić information content (AvgIpc) is 2.75. The molecule has 162 valence electrons. The van der Waals surface area contributed by atoms with Crippen LogP contribution in [0, 0.1) is 5.92 Å². The number of carbonyl (C=O) groups is 1. The average molecular weight is 424 g/mol. The summed E-state index contributed by atoms with van der Waals surface area (Å²) in [4.78, 5) is 15.1. The van der Waals surface area contributed by atoms with Crippen molar-refractivity contribution in [1.82, 2.24) is 14.5 Å². The summed E-state index contributed by atoms with van der Waals surface area (Å²) >= 11 is 0. The largest absolute Gasteiger partial charge is 0.497 e. The summed E-state index contributed by atoms with van der Waals surface area (Å²) in [6.07, 6.45) is 4.63. The van der Waals surface area contributed by atoms with Crippen LogP contribution in [0.25, 0.3) is 0 Å². The molecule has 1 amide bonds. The number of ether oxygens (including phenoxy) is 1. The number of hydrogen-bond donors (Lipinski definition) is 1. The molecule has 1 N–H and O–H groups in total. The van der Waals surface area contributed by atoms with E-state index in [1.165, 1.54) is 23.6 Å². The third-order valence-electron chi connectivity index (χ3n) is 6.34. The van der Waals surface area contributed by atoms with E-state index in [4.69, 9.17) is 4.74 Å². The summed E-state index contributed by atoms with van der Waals surface area (Å²) in [6.45, 7) is 5.97. The van der Waals surface area contributed by atoms with Crippen LogP contribution in [0.3, 0.4) is 0 Å². The van der Waals surface area contributed by atoms with E-state index >= 15 is 0 Å². The van der Waals surface area contributed by atoms with E-state index in [0.717, 1.165) is 6.42 Å². The minimum atomic E-state index is -3.54.